The fourth-order valence-corrected chi connectivity index (χ4v) is 6.30. The highest BCUT2D eigenvalue weighted by Crippen LogP contribution is 2.38. The molecule has 4 aliphatic heterocycles. The molecule has 6 rings (SSSR count). The van der Waals surface area contributed by atoms with Crippen LogP contribution >= 0.6 is 11.6 Å². The minimum atomic E-state index is -0.987. The van der Waals surface area contributed by atoms with Gasteiger partial charge in [0.1, 0.15) is 11.6 Å². The maximum Gasteiger partial charge on any atom is 0.410 e. The number of hydrogen-bond acceptors (Lipinski definition) is 9. The summed E-state index contributed by atoms with van der Waals surface area (Å²) < 4.78 is 11.3. The lowest BCUT2D eigenvalue weighted by atomic mass is 9.95. The summed E-state index contributed by atoms with van der Waals surface area (Å²) >= 11 is 6.50. The van der Waals surface area contributed by atoms with Crippen LogP contribution in [0.25, 0.3) is 0 Å². The van der Waals surface area contributed by atoms with E-state index in [1.54, 1.807) is 17.0 Å². The number of nitrogens with one attached hydrogen (secondary N) is 2. The van der Waals surface area contributed by atoms with Crippen LogP contribution in [0.1, 0.15) is 86.4 Å². The number of rotatable bonds is 4. The molecule has 4 fully saturated rings. The van der Waals surface area contributed by atoms with Crippen LogP contribution in [0, 0.1) is 0 Å². The third-order valence-corrected chi connectivity index (χ3v) is 8.90. The number of imide groups is 2. The van der Waals surface area contributed by atoms with Crippen LogP contribution in [0.5, 0.6) is 0 Å². The van der Waals surface area contributed by atoms with Gasteiger partial charge >= 0.3 is 6.09 Å². The zero-order valence-electron chi connectivity index (χ0n) is 25.7. The Morgan fingerprint density at radius 3 is 2.16 bits per heavy atom. The lowest BCUT2D eigenvalue weighted by Crippen LogP contribution is -2.54. The first kappa shape index (κ1) is 32.2. The number of nitrogens with zero attached hydrogens (tertiary/aromatic N) is 3. The number of carbonyl (C=O) groups excluding carboxylic acids is 5. The molecule has 0 aromatic heterocycles. The highest BCUT2D eigenvalue weighted by molar-refractivity contribution is 6.39. The van der Waals surface area contributed by atoms with Crippen molar-refractivity contribution in [3.8, 4) is 0 Å². The van der Waals surface area contributed by atoms with Gasteiger partial charge in [-0.05, 0) is 71.4 Å². The molecule has 2 N–H and O–H groups in total. The van der Waals surface area contributed by atoms with Gasteiger partial charge in [-0.2, -0.15) is 0 Å². The molecule has 4 heterocycles. The molecule has 5 amide bonds. The van der Waals surface area contributed by atoms with Crippen LogP contribution in [0.2, 0.25) is 5.02 Å². The summed E-state index contributed by atoms with van der Waals surface area (Å²) in [6.07, 6.45) is 6.47. The molecular weight excluding hydrogens is 590 g/mol. The first-order chi connectivity index (χ1) is 20.9. The number of benzene rings is 1. The summed E-state index contributed by atoms with van der Waals surface area (Å²) in [5.74, 6) is -2.16. The average molecular weight is 632 g/mol. The number of likely N-dealkylation sites (tertiary alicyclic amines) is 1. The molecule has 12 nitrogen and oxygen atoms in total. The fraction of sp³-hybridized carbons (Fsp3) is 0.645. The van der Waals surface area contributed by atoms with Crippen LogP contribution in [-0.4, -0.2) is 103 Å². The van der Waals surface area contributed by atoms with Gasteiger partial charge in [0.15, 0.2) is 0 Å². The highest BCUT2D eigenvalue weighted by atomic mass is 35.5. The highest BCUT2D eigenvalue weighted by Gasteiger charge is 2.46. The number of fused-ring (bicyclic) bond motifs is 1. The molecule has 3 saturated heterocycles. The molecule has 13 heteroatoms. The fourth-order valence-electron chi connectivity index (χ4n) is 5.94. The second-order valence-electron chi connectivity index (χ2n) is 12.9. The first-order valence-corrected chi connectivity index (χ1v) is 15.9. The Morgan fingerprint density at radius 2 is 1.57 bits per heavy atom. The van der Waals surface area contributed by atoms with E-state index in [1.165, 1.54) is 19.3 Å². The number of amides is 5. The molecule has 240 valence electrons. The van der Waals surface area contributed by atoms with Crippen LogP contribution < -0.4 is 15.5 Å². The summed E-state index contributed by atoms with van der Waals surface area (Å²) in [5, 5.41) is 5.66. The van der Waals surface area contributed by atoms with Crippen molar-refractivity contribution >= 4 is 47.0 Å². The van der Waals surface area contributed by atoms with Crippen molar-refractivity contribution in [2.75, 3.05) is 44.2 Å². The van der Waals surface area contributed by atoms with Gasteiger partial charge in [-0.3, -0.25) is 29.4 Å². The van der Waals surface area contributed by atoms with Gasteiger partial charge in [-0.1, -0.05) is 11.6 Å². The van der Waals surface area contributed by atoms with E-state index in [1.807, 2.05) is 20.8 Å². The molecule has 1 aromatic carbocycles. The van der Waals surface area contributed by atoms with Crippen molar-refractivity contribution in [1.82, 2.24) is 20.4 Å². The van der Waals surface area contributed by atoms with Gasteiger partial charge in [0.25, 0.3) is 11.8 Å². The summed E-state index contributed by atoms with van der Waals surface area (Å²) in [7, 11) is 0. The number of hydrogen-bond donors (Lipinski definition) is 2. The van der Waals surface area contributed by atoms with E-state index in [2.05, 4.69) is 15.5 Å². The van der Waals surface area contributed by atoms with Gasteiger partial charge in [0.05, 0.1) is 34.0 Å². The number of piperazine rings is 1. The molecule has 0 spiro atoms. The largest absolute Gasteiger partial charge is 0.444 e. The summed E-state index contributed by atoms with van der Waals surface area (Å²) in [5.41, 5.74) is 0.635. The minimum Gasteiger partial charge on any atom is -0.444 e. The van der Waals surface area contributed by atoms with E-state index >= 15 is 0 Å². The van der Waals surface area contributed by atoms with Crippen LogP contribution in [0.3, 0.4) is 0 Å². The van der Waals surface area contributed by atoms with E-state index in [-0.39, 0.29) is 35.1 Å². The molecule has 1 atom stereocenters. The van der Waals surface area contributed by atoms with Crippen molar-refractivity contribution in [2.24, 2.45) is 0 Å². The maximum atomic E-state index is 12.9. The number of anilines is 1. The lowest BCUT2D eigenvalue weighted by Gasteiger charge is -2.36. The number of carbonyl (C=O) groups is 5. The van der Waals surface area contributed by atoms with E-state index in [4.69, 9.17) is 21.1 Å². The third kappa shape index (κ3) is 7.18. The predicted octanol–water partition coefficient (Wildman–Crippen LogP) is 3.11. The number of halogens is 1. The quantitative estimate of drug-likeness (QED) is 0.480. The molecular formula is C31H42ClN5O7. The van der Waals surface area contributed by atoms with E-state index in [0.717, 1.165) is 57.0 Å². The Kier molecular flexibility index (Phi) is 9.81. The standard InChI is InChI=1S/C17H17ClN4O4.C14H25NO3/c18-14-10(21-7-5-19-6-8-21)2-1-9-13(14)17(26)22(16(9)25)11-3-4-12(23)20-15(11)24;1-14(2,3)18-13(16)15-9-7-12(8-10-15)17-11-5-4-6-11/h1-2,11,19H,3-8H2,(H,20,23,24);11-12H,4-10H2,1-3H3. The predicted molar refractivity (Wildman–Crippen MR) is 163 cm³/mol. The minimum absolute atomic E-state index is 0.0869. The Balaban J connectivity index is 0.000000187. The van der Waals surface area contributed by atoms with Gasteiger partial charge < -0.3 is 24.6 Å². The first-order valence-electron chi connectivity index (χ1n) is 15.6. The van der Waals surface area contributed by atoms with E-state index in [9.17, 15) is 24.0 Å². The molecule has 1 saturated carbocycles. The Hall–Kier alpha value is -3.22. The monoisotopic (exact) mass is 631 g/mol. The summed E-state index contributed by atoms with van der Waals surface area (Å²) in [4.78, 5) is 65.8. The topological polar surface area (TPSA) is 138 Å². The van der Waals surface area contributed by atoms with Crippen molar-refractivity contribution in [1.29, 1.82) is 0 Å². The van der Waals surface area contributed by atoms with E-state index < -0.39 is 35.3 Å². The summed E-state index contributed by atoms with van der Waals surface area (Å²) in [6.45, 7) is 10.3. The van der Waals surface area contributed by atoms with E-state index in [0.29, 0.717) is 17.9 Å². The van der Waals surface area contributed by atoms with Crippen LogP contribution in [0.15, 0.2) is 12.1 Å². The average Bonchev–Trinajstić information content (AvgIpc) is 3.21. The Labute approximate surface area is 262 Å². The molecule has 0 radical (unpaired) electrons. The number of piperidine rings is 2. The maximum absolute atomic E-state index is 12.9. The molecule has 1 unspecified atom stereocenters. The lowest BCUT2D eigenvalue weighted by molar-refractivity contribution is -0.136. The second kappa shape index (κ2) is 13.4. The molecule has 1 aromatic rings. The zero-order valence-corrected chi connectivity index (χ0v) is 26.4. The Bertz CT molecular complexity index is 1300. The normalized spacial score (nSPS) is 23.1. The van der Waals surface area contributed by atoms with Crippen molar-refractivity contribution in [3.63, 3.8) is 0 Å². The van der Waals surface area contributed by atoms with Crippen molar-refractivity contribution in [2.45, 2.75) is 89.6 Å². The Morgan fingerprint density at radius 1 is 0.909 bits per heavy atom. The SMILES string of the molecule is CC(C)(C)OC(=O)N1CCC(OC2CCC2)CC1.O=C1CCC(N2C(=O)c3ccc(N4CCNCC4)c(Cl)c3C2=O)C(=O)N1. The molecule has 0 bridgehead atoms. The van der Waals surface area contributed by atoms with Crippen LogP contribution in [0.4, 0.5) is 10.5 Å². The summed E-state index contributed by atoms with van der Waals surface area (Å²) in [6, 6.07) is 2.34. The van der Waals surface area contributed by atoms with Crippen LogP contribution in [-0.2, 0) is 19.1 Å². The van der Waals surface area contributed by atoms with Crippen molar-refractivity contribution < 1.29 is 33.4 Å². The van der Waals surface area contributed by atoms with Crippen molar-refractivity contribution in [3.05, 3.63) is 28.3 Å². The zero-order chi connectivity index (χ0) is 31.6. The van der Waals surface area contributed by atoms with Gasteiger partial charge in [0.2, 0.25) is 11.8 Å². The smallest absolute Gasteiger partial charge is 0.410 e. The van der Waals surface area contributed by atoms with Gasteiger partial charge in [0, 0.05) is 45.7 Å². The van der Waals surface area contributed by atoms with Gasteiger partial charge in [-0.15, -0.1) is 0 Å². The number of ether oxygens (including phenoxy) is 2. The molecule has 5 aliphatic rings. The molecule has 1 aliphatic carbocycles. The molecule has 44 heavy (non-hydrogen) atoms. The second-order valence-corrected chi connectivity index (χ2v) is 13.2. The third-order valence-electron chi connectivity index (χ3n) is 8.51. The van der Waals surface area contributed by atoms with Gasteiger partial charge in [-0.25, -0.2) is 4.79 Å².